The molecule has 13 atom stereocenters. The first-order chi connectivity index (χ1) is 34.5. The number of nitrogens with one attached hydrogen (secondary N) is 6. The molecule has 22 nitrogen and oxygen atoms in total. The van der Waals surface area contributed by atoms with Crippen LogP contribution in [0.3, 0.4) is 0 Å². The van der Waals surface area contributed by atoms with Crippen LogP contribution in [0.15, 0.2) is 66.7 Å². The topological polar surface area (TPSA) is 310 Å². The van der Waals surface area contributed by atoms with E-state index < -0.39 is 150 Å². The lowest BCUT2D eigenvalue weighted by atomic mass is 9.93. The van der Waals surface area contributed by atoms with Gasteiger partial charge in [0, 0.05) is 19.5 Å². The number of nitrogens with zero attached hydrogens (tertiary/aromatic N) is 1. The number of ether oxygens (including phenoxy) is 4. The molecule has 8 N–H and O–H groups in total. The average Bonchev–Trinajstić information content (AvgIpc) is 4.17. The molecule has 2 aromatic carbocycles. The Bertz CT molecular complexity index is 2360. The van der Waals surface area contributed by atoms with Crippen molar-refractivity contribution in [3.05, 3.63) is 77.9 Å². The van der Waals surface area contributed by atoms with E-state index in [0.29, 0.717) is 17.7 Å². The number of likely N-dealkylation sites (N-methyl/N-ethyl adjacent to an activating group) is 1. The number of fused-ring (bicyclic) bond motifs is 9. The highest BCUT2D eigenvalue weighted by molar-refractivity contribution is 5.98. The number of benzene rings is 2. The summed E-state index contributed by atoms with van der Waals surface area (Å²) in [4.78, 5) is 129. The fourth-order valence-electron chi connectivity index (χ4n) is 8.15. The number of hydrogen-bond acceptors (Lipinski definition) is 15. The highest BCUT2D eigenvalue weighted by Crippen LogP contribution is 2.35. The molecular weight excluding hydrogens is 951 g/mol. The van der Waals surface area contributed by atoms with Crippen LogP contribution in [-0.2, 0) is 63.8 Å². The number of aliphatic hydroxyl groups excluding tert-OH is 2. The molecule has 4 bridgehead atoms. The molecule has 4 aliphatic rings. The van der Waals surface area contributed by atoms with E-state index in [0.717, 1.165) is 11.0 Å². The van der Waals surface area contributed by atoms with E-state index in [4.69, 9.17) is 18.9 Å². The van der Waals surface area contributed by atoms with Gasteiger partial charge < -0.3 is 66.0 Å². The zero-order valence-electron chi connectivity index (χ0n) is 42.5. The van der Waals surface area contributed by atoms with E-state index in [-0.39, 0.29) is 18.6 Å². The Kier molecular flexibility index (Phi) is 19.6. The second-order valence-electron chi connectivity index (χ2n) is 19.2. The Morgan fingerprint density at radius 2 is 1.45 bits per heavy atom. The van der Waals surface area contributed by atoms with Crippen molar-refractivity contribution in [1.29, 1.82) is 0 Å². The number of esters is 2. The maximum absolute atomic E-state index is 15.2. The van der Waals surface area contributed by atoms with E-state index in [1.807, 2.05) is 0 Å². The summed E-state index contributed by atoms with van der Waals surface area (Å²) in [5.74, 6) is -10.7. The van der Waals surface area contributed by atoms with Crippen LogP contribution >= 0.6 is 0 Å². The summed E-state index contributed by atoms with van der Waals surface area (Å²) in [6.07, 6.45) is -2.39. The molecule has 0 aromatic heterocycles. The summed E-state index contributed by atoms with van der Waals surface area (Å²) in [7, 11) is 1.32. The quantitative estimate of drug-likeness (QED) is 0.118. The number of aliphatic hydroxyl groups is 2. The van der Waals surface area contributed by atoms with Crippen molar-refractivity contribution in [2.24, 2.45) is 17.8 Å². The van der Waals surface area contributed by atoms with Crippen molar-refractivity contribution in [2.45, 2.75) is 134 Å². The second-order valence-corrected chi connectivity index (χ2v) is 19.2. The Labute approximate surface area is 424 Å². The largest absolute Gasteiger partial charge is 0.487 e. The van der Waals surface area contributed by atoms with Crippen molar-refractivity contribution in [3.63, 3.8) is 0 Å². The van der Waals surface area contributed by atoms with E-state index in [2.05, 4.69) is 31.9 Å². The predicted molar refractivity (Wildman–Crippen MR) is 260 cm³/mol. The van der Waals surface area contributed by atoms with Crippen molar-refractivity contribution >= 4 is 53.3 Å². The number of carbonyl (C=O) groups excluding carboxylic acids is 9. The molecule has 0 aliphatic carbocycles. The number of epoxide rings is 1. The van der Waals surface area contributed by atoms with Crippen LogP contribution in [0.2, 0.25) is 0 Å². The van der Waals surface area contributed by atoms with Crippen molar-refractivity contribution in [3.8, 4) is 5.75 Å². The van der Waals surface area contributed by atoms with Crippen LogP contribution in [0.5, 0.6) is 5.75 Å². The van der Waals surface area contributed by atoms with E-state index in [1.54, 1.807) is 65.0 Å². The number of rotatable bonds is 9. The molecule has 2 saturated heterocycles. The van der Waals surface area contributed by atoms with Gasteiger partial charge in [-0.1, -0.05) is 83.5 Å². The molecule has 22 heteroatoms. The summed E-state index contributed by atoms with van der Waals surface area (Å²) in [5, 5.41) is 37.1. The van der Waals surface area contributed by atoms with E-state index >= 15 is 4.79 Å². The van der Waals surface area contributed by atoms with Crippen LogP contribution in [0.25, 0.3) is 0 Å². The summed E-state index contributed by atoms with van der Waals surface area (Å²) >= 11 is 0. The van der Waals surface area contributed by atoms with Crippen LogP contribution in [-0.4, -0.2) is 155 Å². The van der Waals surface area contributed by atoms with Gasteiger partial charge in [-0.15, -0.1) is 0 Å². The molecule has 2 fully saturated rings. The average molecular weight is 1020 g/mol. The minimum atomic E-state index is -1.94. The third kappa shape index (κ3) is 14.8. The maximum Gasteiger partial charge on any atom is 0.332 e. The van der Waals surface area contributed by atoms with Gasteiger partial charge in [0.15, 0.2) is 6.04 Å². The monoisotopic (exact) mass is 1020 g/mol. The Balaban J connectivity index is 1.72. The number of amides is 7. The smallest absolute Gasteiger partial charge is 0.332 e. The Hall–Kier alpha value is -6.91. The lowest BCUT2D eigenvalue weighted by molar-refractivity contribution is -0.160. The van der Waals surface area contributed by atoms with Gasteiger partial charge >= 0.3 is 11.9 Å². The summed E-state index contributed by atoms with van der Waals surface area (Å²) in [6, 6.07) is 4.69. The first-order valence-electron chi connectivity index (χ1n) is 24.4. The molecule has 73 heavy (non-hydrogen) atoms. The molecule has 4 heterocycles. The molecular formula is C51H69N7O15. The highest BCUT2D eigenvalue weighted by Gasteiger charge is 2.49. The van der Waals surface area contributed by atoms with Gasteiger partial charge in [0.1, 0.15) is 66.9 Å². The first kappa shape index (κ1) is 57.0. The number of carbonyl (C=O) groups is 9. The van der Waals surface area contributed by atoms with Gasteiger partial charge in [0.05, 0.1) is 24.7 Å². The lowest BCUT2D eigenvalue weighted by Gasteiger charge is -2.34. The molecule has 1 spiro atoms. The lowest BCUT2D eigenvalue weighted by Crippen LogP contribution is -2.61. The standard InChI is InChI=1S/C51H69N7O15/c1-10-27(4)39-46(65)57-42-33-16-18-34(19-17-33)73-31(8)51(25-71-51)21-20-37(60)52-23-38(61)70-24-35(50(69)72-30(7)41(48(67)54-39)56-44(63)28(5)43(62)26(2)3)53-47(66)40(29(6)59)55-45(64)36(58(9)49(42)68)22-32-14-12-11-13-15-32/h11-21,26-31,35-36,39-43,59,62H,10,22-25H2,1-9H3,(H,52,60)(H,53,66)(H,54,67)(H,55,64)(H,56,63)(H,57,65)/b21-20+/t27-,28+,29+,30+,31+,35-,36-,39+,40+,41-,42+,43+,51-/m1/s1. The summed E-state index contributed by atoms with van der Waals surface area (Å²) < 4.78 is 23.0. The molecule has 0 saturated carbocycles. The maximum atomic E-state index is 15.2. The molecule has 398 valence electrons. The summed E-state index contributed by atoms with van der Waals surface area (Å²) in [6.45, 7) is 10.8. The molecule has 0 unspecified atom stereocenters. The fraction of sp³-hybridized carbons (Fsp3) is 0.549. The number of cyclic esters (lactones) is 1. The van der Waals surface area contributed by atoms with Crippen LogP contribution in [0.1, 0.15) is 79.0 Å². The van der Waals surface area contributed by atoms with Crippen LogP contribution < -0.4 is 36.6 Å². The molecule has 6 rings (SSSR count). The molecule has 2 aromatic rings. The minimum Gasteiger partial charge on any atom is -0.487 e. The van der Waals surface area contributed by atoms with Crippen LogP contribution in [0.4, 0.5) is 0 Å². The molecule has 4 aliphatic heterocycles. The van der Waals surface area contributed by atoms with Gasteiger partial charge in [0.2, 0.25) is 41.4 Å². The molecule has 7 amide bonds. The first-order valence-corrected chi connectivity index (χ1v) is 24.4. The molecule has 0 radical (unpaired) electrons. The van der Waals surface area contributed by atoms with Crippen LogP contribution in [0, 0.1) is 17.8 Å². The van der Waals surface area contributed by atoms with Crippen molar-refractivity contribution in [1.82, 2.24) is 36.8 Å². The third-order valence-electron chi connectivity index (χ3n) is 13.4. The minimum absolute atomic E-state index is 0.141. The second kappa shape index (κ2) is 25.2. The third-order valence-corrected chi connectivity index (χ3v) is 13.4. The highest BCUT2D eigenvalue weighted by atomic mass is 16.6. The fourth-order valence-corrected chi connectivity index (χ4v) is 8.15. The predicted octanol–water partition coefficient (Wildman–Crippen LogP) is -0.356. The Morgan fingerprint density at radius 3 is 2.05 bits per heavy atom. The Morgan fingerprint density at radius 1 is 0.822 bits per heavy atom. The van der Waals surface area contributed by atoms with E-state index in [9.17, 15) is 48.6 Å². The number of hydrogen-bond donors (Lipinski definition) is 8. The zero-order valence-corrected chi connectivity index (χ0v) is 42.5. The summed E-state index contributed by atoms with van der Waals surface area (Å²) in [5.41, 5.74) is -0.249. The SMILES string of the molecule is CC[C@@H](C)[C@@H]1NC(=O)[C@H](NC(=O)[C@@H](C)[C@@H](O)C(C)C)[C@H](C)OC(=O)[C@H]2COC(=O)CNC(=O)/C=C/[C@@]3(CO3)[C@H](C)Oc3ccc(cc3)[C@H](NC1=O)C(=O)N(C)[C@H](Cc1ccccc1)C(=O)N[C@@H]([C@H](C)O)C(=O)N2. The van der Waals surface area contributed by atoms with Gasteiger partial charge in [0.25, 0.3) is 0 Å². The van der Waals surface area contributed by atoms with Gasteiger partial charge in [-0.3, -0.25) is 38.4 Å². The van der Waals surface area contributed by atoms with Gasteiger partial charge in [-0.05, 0) is 61.9 Å². The van der Waals surface area contributed by atoms with Gasteiger partial charge in [-0.2, -0.15) is 0 Å². The zero-order chi connectivity index (χ0) is 53.9. The van der Waals surface area contributed by atoms with Gasteiger partial charge in [-0.25, -0.2) is 4.79 Å². The van der Waals surface area contributed by atoms with Crippen molar-refractivity contribution < 1.29 is 72.3 Å². The normalized spacial score (nSPS) is 29.3. The van der Waals surface area contributed by atoms with E-state index in [1.165, 1.54) is 58.2 Å². The van der Waals surface area contributed by atoms with Crippen molar-refractivity contribution in [2.75, 3.05) is 26.8 Å².